The molecule has 0 amide bonds. The highest BCUT2D eigenvalue weighted by Gasteiger charge is 2.37. The number of rotatable bonds is 5. The van der Waals surface area contributed by atoms with Gasteiger partial charge in [-0.05, 0) is 18.2 Å². The van der Waals surface area contributed by atoms with E-state index in [0.29, 0.717) is 16.1 Å². The standard InChI is InChI=1S/C15H8ClF3N6O4/c16-8-1-2-9-10(5-8)20-6-13(21-9)22-23-14-11(24(26)27)3-7(15(17,18)19)4-12(14)25(28)29/h1-6,23H,(H,21,22). The number of hydrogen-bond acceptors (Lipinski definition) is 8. The molecule has 2 N–H and O–H groups in total. The molecule has 0 atom stereocenters. The van der Waals surface area contributed by atoms with E-state index in [9.17, 15) is 33.4 Å². The van der Waals surface area contributed by atoms with Gasteiger partial charge in [0.25, 0.3) is 0 Å². The van der Waals surface area contributed by atoms with Crippen LogP contribution in [0.3, 0.4) is 0 Å². The van der Waals surface area contributed by atoms with Crippen molar-refractivity contribution < 1.29 is 23.0 Å². The fourth-order valence-corrected chi connectivity index (χ4v) is 2.53. The molecular formula is C15H8ClF3N6O4. The van der Waals surface area contributed by atoms with Crippen molar-refractivity contribution >= 4 is 45.5 Å². The molecule has 0 aliphatic carbocycles. The van der Waals surface area contributed by atoms with Crippen LogP contribution in [0.4, 0.5) is 36.1 Å². The Kier molecular flexibility index (Phi) is 5.07. The SMILES string of the molecule is O=[N+]([O-])c1cc(C(F)(F)F)cc([N+](=O)[O-])c1NNc1cnc2cc(Cl)ccc2n1. The van der Waals surface area contributed by atoms with Crippen molar-refractivity contribution in [3.8, 4) is 0 Å². The first-order valence-corrected chi connectivity index (χ1v) is 7.92. The number of aromatic nitrogens is 2. The van der Waals surface area contributed by atoms with Crippen LogP contribution < -0.4 is 10.9 Å². The number of nitrogens with zero attached hydrogens (tertiary/aromatic N) is 4. The molecule has 1 aromatic heterocycles. The van der Waals surface area contributed by atoms with Gasteiger partial charge in [-0.25, -0.2) is 4.98 Å². The minimum Gasteiger partial charge on any atom is -0.287 e. The average molecular weight is 429 g/mol. The predicted octanol–water partition coefficient (Wildman–Crippen LogP) is 4.56. The molecule has 29 heavy (non-hydrogen) atoms. The number of nitro groups is 2. The van der Waals surface area contributed by atoms with E-state index in [2.05, 4.69) is 20.8 Å². The maximum absolute atomic E-state index is 12.9. The van der Waals surface area contributed by atoms with Gasteiger partial charge in [0, 0.05) is 17.2 Å². The summed E-state index contributed by atoms with van der Waals surface area (Å²) < 4.78 is 38.8. The number of hydrazine groups is 1. The Morgan fingerprint density at radius 2 is 1.59 bits per heavy atom. The van der Waals surface area contributed by atoms with E-state index in [1.165, 1.54) is 12.3 Å². The number of nitrogens with one attached hydrogen (secondary N) is 2. The Labute approximate surface area is 163 Å². The lowest BCUT2D eigenvalue weighted by molar-refractivity contribution is -0.392. The predicted molar refractivity (Wildman–Crippen MR) is 96.5 cm³/mol. The molecule has 3 aromatic rings. The molecule has 0 aliphatic heterocycles. The number of benzene rings is 2. The maximum Gasteiger partial charge on any atom is 0.416 e. The lowest BCUT2D eigenvalue weighted by Gasteiger charge is -2.12. The molecule has 3 rings (SSSR count). The molecule has 2 aromatic carbocycles. The zero-order chi connectivity index (χ0) is 21.3. The Balaban J connectivity index is 2.00. The number of fused-ring (bicyclic) bond motifs is 1. The zero-order valence-electron chi connectivity index (χ0n) is 13.9. The maximum atomic E-state index is 12.9. The van der Waals surface area contributed by atoms with Gasteiger partial charge in [0.1, 0.15) is 0 Å². The summed E-state index contributed by atoms with van der Waals surface area (Å²) in [6.07, 6.45) is -3.81. The van der Waals surface area contributed by atoms with Gasteiger partial charge < -0.3 is 0 Å². The van der Waals surface area contributed by atoms with Crippen LogP contribution in [0.5, 0.6) is 0 Å². The van der Waals surface area contributed by atoms with Crippen LogP contribution in [-0.4, -0.2) is 19.8 Å². The molecule has 0 bridgehead atoms. The van der Waals surface area contributed by atoms with Crippen LogP contribution in [0.15, 0.2) is 36.5 Å². The summed E-state index contributed by atoms with van der Waals surface area (Å²) >= 11 is 5.84. The molecule has 0 unspecified atom stereocenters. The van der Waals surface area contributed by atoms with Gasteiger partial charge in [-0.15, -0.1) is 0 Å². The van der Waals surface area contributed by atoms with Gasteiger partial charge in [0.2, 0.25) is 5.69 Å². The third kappa shape index (κ3) is 4.24. The van der Waals surface area contributed by atoms with Crippen LogP contribution in [0.25, 0.3) is 11.0 Å². The van der Waals surface area contributed by atoms with Crippen LogP contribution in [0.2, 0.25) is 5.02 Å². The number of anilines is 2. The minimum atomic E-state index is -5.01. The number of halogens is 4. The quantitative estimate of drug-likeness (QED) is 0.446. The summed E-state index contributed by atoms with van der Waals surface area (Å²) in [7, 11) is 0. The molecule has 1 heterocycles. The summed E-state index contributed by atoms with van der Waals surface area (Å²) in [5.74, 6) is 0.00307. The van der Waals surface area contributed by atoms with E-state index in [1.807, 2.05) is 0 Å². The van der Waals surface area contributed by atoms with E-state index in [1.54, 1.807) is 12.1 Å². The van der Waals surface area contributed by atoms with E-state index < -0.39 is 38.6 Å². The van der Waals surface area contributed by atoms with Gasteiger partial charge in [0.15, 0.2) is 5.82 Å². The monoisotopic (exact) mass is 428 g/mol. The van der Waals surface area contributed by atoms with Gasteiger partial charge in [-0.1, -0.05) is 11.6 Å². The fraction of sp³-hybridized carbons (Fsp3) is 0.0667. The third-order valence-corrected chi connectivity index (χ3v) is 3.87. The second-order valence-corrected chi connectivity index (χ2v) is 5.98. The fourth-order valence-electron chi connectivity index (χ4n) is 2.36. The second kappa shape index (κ2) is 7.35. The summed E-state index contributed by atoms with van der Waals surface area (Å²) in [6.45, 7) is 0. The number of alkyl halides is 3. The van der Waals surface area contributed by atoms with Crippen molar-refractivity contribution in [1.29, 1.82) is 0 Å². The first-order valence-electron chi connectivity index (χ1n) is 7.54. The van der Waals surface area contributed by atoms with Crippen molar-refractivity contribution in [2.75, 3.05) is 10.9 Å². The third-order valence-electron chi connectivity index (χ3n) is 3.64. The largest absolute Gasteiger partial charge is 0.416 e. The highest BCUT2D eigenvalue weighted by atomic mass is 35.5. The molecule has 0 aliphatic rings. The van der Waals surface area contributed by atoms with Crippen molar-refractivity contribution in [2.45, 2.75) is 6.18 Å². The summed E-state index contributed by atoms with van der Waals surface area (Å²) in [5.41, 5.74) is 0.807. The molecular weight excluding hydrogens is 421 g/mol. The summed E-state index contributed by atoms with van der Waals surface area (Å²) in [5, 5.41) is 22.8. The van der Waals surface area contributed by atoms with Crippen LogP contribution >= 0.6 is 11.6 Å². The van der Waals surface area contributed by atoms with Gasteiger partial charge in [0.05, 0.1) is 32.6 Å². The van der Waals surface area contributed by atoms with Crippen molar-refractivity contribution in [3.63, 3.8) is 0 Å². The van der Waals surface area contributed by atoms with Crippen LogP contribution in [0, 0.1) is 20.2 Å². The Morgan fingerprint density at radius 3 is 2.14 bits per heavy atom. The summed E-state index contributed by atoms with van der Waals surface area (Å²) in [6, 6.07) is 5.02. The van der Waals surface area contributed by atoms with Gasteiger partial charge in [-0.2, -0.15) is 13.2 Å². The lowest BCUT2D eigenvalue weighted by Crippen LogP contribution is -2.15. The second-order valence-electron chi connectivity index (χ2n) is 5.54. The Bertz CT molecular complexity index is 1110. The zero-order valence-corrected chi connectivity index (χ0v) is 14.7. The first-order chi connectivity index (χ1) is 13.6. The van der Waals surface area contributed by atoms with E-state index in [-0.39, 0.29) is 18.0 Å². The lowest BCUT2D eigenvalue weighted by atomic mass is 10.1. The smallest absolute Gasteiger partial charge is 0.287 e. The molecule has 0 saturated carbocycles. The molecule has 0 radical (unpaired) electrons. The summed E-state index contributed by atoms with van der Waals surface area (Å²) in [4.78, 5) is 28.2. The average Bonchev–Trinajstić information content (AvgIpc) is 2.64. The van der Waals surface area contributed by atoms with Crippen molar-refractivity contribution in [3.05, 3.63) is 67.3 Å². The molecule has 14 heteroatoms. The molecule has 150 valence electrons. The first kappa shape index (κ1) is 20.0. The highest BCUT2D eigenvalue weighted by molar-refractivity contribution is 6.31. The molecule has 0 spiro atoms. The normalized spacial score (nSPS) is 11.3. The van der Waals surface area contributed by atoms with E-state index in [0.717, 1.165) is 0 Å². The van der Waals surface area contributed by atoms with Crippen molar-refractivity contribution in [1.82, 2.24) is 9.97 Å². The number of hydrogen-bond donors (Lipinski definition) is 2. The van der Waals surface area contributed by atoms with Crippen LogP contribution in [-0.2, 0) is 6.18 Å². The van der Waals surface area contributed by atoms with E-state index in [4.69, 9.17) is 11.6 Å². The Morgan fingerprint density at radius 1 is 0.966 bits per heavy atom. The van der Waals surface area contributed by atoms with Crippen LogP contribution in [0.1, 0.15) is 5.56 Å². The highest BCUT2D eigenvalue weighted by Crippen LogP contribution is 2.41. The topological polar surface area (TPSA) is 136 Å². The Hall–Kier alpha value is -3.74. The van der Waals surface area contributed by atoms with Gasteiger partial charge >= 0.3 is 17.6 Å². The van der Waals surface area contributed by atoms with Crippen molar-refractivity contribution in [2.24, 2.45) is 0 Å². The molecule has 0 saturated heterocycles. The van der Waals surface area contributed by atoms with E-state index >= 15 is 0 Å². The minimum absolute atomic E-state index is 0.00307. The molecule has 0 fully saturated rings. The molecule has 10 nitrogen and oxygen atoms in total. The van der Waals surface area contributed by atoms with Gasteiger partial charge in [-0.3, -0.25) is 36.1 Å². The number of nitro benzene ring substituents is 2.